The predicted octanol–water partition coefficient (Wildman–Crippen LogP) is 3.87. The van der Waals surface area contributed by atoms with Gasteiger partial charge >= 0.3 is 0 Å². The number of hydrogen-bond donors (Lipinski definition) is 1. The Labute approximate surface area is 163 Å². The third-order valence-electron chi connectivity index (χ3n) is 4.06. The van der Waals surface area contributed by atoms with Crippen LogP contribution in [0.3, 0.4) is 0 Å². The predicted molar refractivity (Wildman–Crippen MR) is 107 cm³/mol. The zero-order valence-electron chi connectivity index (χ0n) is 14.1. The molecule has 134 valence electrons. The van der Waals surface area contributed by atoms with Crippen LogP contribution in [0.4, 0.5) is 0 Å². The summed E-state index contributed by atoms with van der Waals surface area (Å²) in [5.41, 5.74) is 4.29. The molecule has 0 fully saturated rings. The van der Waals surface area contributed by atoms with Crippen LogP contribution in [-0.2, 0) is 0 Å². The van der Waals surface area contributed by atoms with E-state index < -0.39 is 5.91 Å². The zero-order chi connectivity index (χ0) is 19.0. The Kier molecular flexibility index (Phi) is 4.47. The van der Waals surface area contributed by atoms with E-state index in [4.69, 9.17) is 11.6 Å². The Bertz CT molecular complexity index is 1220. The Morgan fingerprint density at radius 3 is 2.70 bits per heavy atom. The number of thiophene rings is 1. The van der Waals surface area contributed by atoms with Crippen LogP contribution >= 0.6 is 22.9 Å². The molecule has 0 radical (unpaired) electrons. The maximum atomic E-state index is 13.0. The molecule has 0 aliphatic rings. The van der Waals surface area contributed by atoms with E-state index in [1.807, 2.05) is 37.3 Å². The fraction of sp³-hybridized carbons (Fsp3) is 0.0526. The number of carbonyl (C=O) groups excluding carboxylic acids is 1. The van der Waals surface area contributed by atoms with Crippen molar-refractivity contribution in [3.63, 3.8) is 0 Å². The van der Waals surface area contributed by atoms with Gasteiger partial charge in [0.1, 0.15) is 16.3 Å². The lowest BCUT2D eigenvalue weighted by atomic mass is 10.0. The molecule has 8 heteroatoms. The van der Waals surface area contributed by atoms with Crippen molar-refractivity contribution in [2.45, 2.75) is 6.92 Å². The van der Waals surface area contributed by atoms with Gasteiger partial charge in [0.2, 0.25) is 0 Å². The summed E-state index contributed by atoms with van der Waals surface area (Å²) in [5.74, 6) is -0.476. The number of hydrogen-bond acceptors (Lipinski definition) is 5. The number of aromatic nitrogens is 3. The first kappa shape index (κ1) is 17.4. The van der Waals surface area contributed by atoms with E-state index in [9.17, 15) is 9.59 Å². The second-order valence-corrected chi connectivity index (χ2v) is 7.40. The summed E-state index contributed by atoms with van der Waals surface area (Å²) < 4.78 is 1.09. The van der Waals surface area contributed by atoms with E-state index in [-0.39, 0.29) is 10.7 Å². The Hall–Kier alpha value is -3.03. The molecule has 4 rings (SSSR count). The average Bonchev–Trinajstić information content (AvgIpc) is 3.01. The first-order valence-corrected chi connectivity index (χ1v) is 9.23. The number of fused-ring (bicyclic) bond motifs is 1. The molecule has 0 saturated heterocycles. The smallest absolute Gasteiger partial charge is 0.267 e. The lowest BCUT2D eigenvalue weighted by Gasteiger charge is -2.08. The van der Waals surface area contributed by atoms with Crippen LogP contribution in [0, 0.1) is 6.92 Å². The van der Waals surface area contributed by atoms with Gasteiger partial charge in [0.25, 0.3) is 11.5 Å². The van der Waals surface area contributed by atoms with Crippen LogP contribution in [0.15, 0.2) is 59.8 Å². The summed E-state index contributed by atoms with van der Waals surface area (Å²) in [6, 6.07) is 12.6. The van der Waals surface area contributed by atoms with Crippen LogP contribution in [0.25, 0.3) is 21.3 Å². The number of nitrogens with one attached hydrogen (secondary N) is 1. The molecule has 0 saturated carbocycles. The summed E-state index contributed by atoms with van der Waals surface area (Å²) in [4.78, 5) is 35.3. The van der Waals surface area contributed by atoms with E-state index in [2.05, 4.69) is 15.4 Å². The monoisotopic (exact) mass is 396 g/mol. The minimum absolute atomic E-state index is 0.198. The van der Waals surface area contributed by atoms with Crippen LogP contribution in [0.2, 0.25) is 5.15 Å². The topological polar surface area (TPSA) is 76.9 Å². The molecular weight excluding hydrogens is 384 g/mol. The highest BCUT2D eigenvalue weighted by Gasteiger charge is 2.18. The number of pyridine rings is 1. The molecule has 0 unspecified atom stereocenters. The summed E-state index contributed by atoms with van der Waals surface area (Å²) >= 11 is 7.27. The molecule has 6 nitrogen and oxygen atoms in total. The third kappa shape index (κ3) is 3.22. The van der Waals surface area contributed by atoms with Gasteiger partial charge in [-0.15, -0.1) is 11.3 Å². The molecule has 0 aliphatic heterocycles. The summed E-state index contributed by atoms with van der Waals surface area (Å²) in [5, 5.41) is 0.683. The molecule has 1 aromatic carbocycles. The highest BCUT2D eigenvalue weighted by Crippen LogP contribution is 2.35. The molecule has 3 aromatic heterocycles. The number of carbonyl (C=O) groups is 1. The number of halogens is 1. The Balaban J connectivity index is 1.81. The SMILES string of the molecule is Cc1sc2ncn(NC(=O)c3ccnc(Cl)c3)c(=O)c2c1-c1ccccc1. The van der Waals surface area contributed by atoms with Gasteiger partial charge in [0, 0.05) is 22.2 Å². The van der Waals surface area contributed by atoms with Crippen molar-refractivity contribution in [2.24, 2.45) is 0 Å². The third-order valence-corrected chi connectivity index (χ3v) is 5.28. The van der Waals surface area contributed by atoms with Crippen molar-refractivity contribution in [3.05, 3.63) is 80.9 Å². The summed E-state index contributed by atoms with van der Waals surface area (Å²) in [6.45, 7) is 1.95. The number of benzene rings is 1. The Morgan fingerprint density at radius 2 is 1.96 bits per heavy atom. The van der Waals surface area contributed by atoms with Gasteiger partial charge in [-0.1, -0.05) is 41.9 Å². The fourth-order valence-electron chi connectivity index (χ4n) is 2.85. The number of aryl methyl sites for hydroxylation is 1. The maximum Gasteiger partial charge on any atom is 0.281 e. The van der Waals surface area contributed by atoms with Gasteiger partial charge in [-0.05, 0) is 24.6 Å². The van der Waals surface area contributed by atoms with Gasteiger partial charge in [-0.25, -0.2) is 14.6 Å². The van der Waals surface area contributed by atoms with E-state index in [0.717, 1.165) is 20.7 Å². The van der Waals surface area contributed by atoms with Gasteiger partial charge < -0.3 is 0 Å². The highest BCUT2D eigenvalue weighted by molar-refractivity contribution is 7.19. The van der Waals surface area contributed by atoms with Crippen molar-refractivity contribution in [2.75, 3.05) is 5.43 Å². The largest absolute Gasteiger partial charge is 0.281 e. The van der Waals surface area contributed by atoms with Crippen molar-refractivity contribution >= 4 is 39.1 Å². The van der Waals surface area contributed by atoms with Gasteiger partial charge in [0.15, 0.2) is 0 Å². The van der Waals surface area contributed by atoms with E-state index >= 15 is 0 Å². The fourth-order valence-corrected chi connectivity index (χ4v) is 4.03. The molecular formula is C19H13ClN4O2S. The minimum atomic E-state index is -0.476. The van der Waals surface area contributed by atoms with Crippen LogP contribution in [0.1, 0.15) is 15.2 Å². The maximum absolute atomic E-state index is 13.0. The number of rotatable bonds is 3. The molecule has 1 amide bonds. The molecule has 27 heavy (non-hydrogen) atoms. The Morgan fingerprint density at radius 1 is 1.19 bits per heavy atom. The van der Waals surface area contributed by atoms with Gasteiger partial charge in [-0.2, -0.15) is 0 Å². The molecule has 0 atom stereocenters. The first-order valence-electron chi connectivity index (χ1n) is 8.03. The van der Waals surface area contributed by atoms with Crippen LogP contribution in [0.5, 0.6) is 0 Å². The quantitative estimate of drug-likeness (QED) is 0.533. The van der Waals surface area contributed by atoms with Crippen molar-refractivity contribution in [1.29, 1.82) is 0 Å². The molecule has 0 bridgehead atoms. The molecule has 0 spiro atoms. The van der Waals surface area contributed by atoms with Crippen molar-refractivity contribution in [1.82, 2.24) is 14.6 Å². The highest BCUT2D eigenvalue weighted by atomic mass is 35.5. The molecule has 0 aliphatic carbocycles. The van der Waals surface area contributed by atoms with E-state index in [0.29, 0.717) is 15.8 Å². The molecule has 1 N–H and O–H groups in total. The van der Waals surface area contributed by atoms with Crippen LogP contribution in [-0.4, -0.2) is 20.6 Å². The first-order chi connectivity index (χ1) is 13.0. The zero-order valence-corrected chi connectivity index (χ0v) is 15.7. The molecule has 4 aromatic rings. The normalized spacial score (nSPS) is 10.9. The lowest BCUT2D eigenvalue weighted by molar-refractivity contribution is 0.101. The number of nitrogens with zero attached hydrogens (tertiary/aromatic N) is 3. The van der Waals surface area contributed by atoms with Crippen molar-refractivity contribution < 1.29 is 4.79 Å². The second kappa shape index (κ2) is 6.94. The van der Waals surface area contributed by atoms with Gasteiger partial charge in [-0.3, -0.25) is 15.0 Å². The van der Waals surface area contributed by atoms with Gasteiger partial charge in [0.05, 0.1) is 5.39 Å². The second-order valence-electron chi connectivity index (χ2n) is 5.81. The minimum Gasteiger partial charge on any atom is -0.267 e. The molecule has 3 heterocycles. The van der Waals surface area contributed by atoms with E-state index in [1.54, 1.807) is 0 Å². The summed E-state index contributed by atoms with van der Waals surface area (Å²) in [6.07, 6.45) is 2.74. The average molecular weight is 397 g/mol. The summed E-state index contributed by atoms with van der Waals surface area (Å²) in [7, 11) is 0. The lowest BCUT2D eigenvalue weighted by Crippen LogP contribution is -2.33. The van der Waals surface area contributed by atoms with Crippen LogP contribution < -0.4 is 11.0 Å². The number of amides is 1. The van der Waals surface area contributed by atoms with Crippen molar-refractivity contribution in [3.8, 4) is 11.1 Å². The standard InChI is InChI=1S/C19H13ClN4O2S/c1-11-15(12-5-3-2-4-6-12)16-18(27-11)22-10-24(19(16)26)23-17(25)13-7-8-21-14(20)9-13/h2-10H,1H3,(H,23,25). The van der Waals surface area contributed by atoms with E-state index in [1.165, 1.54) is 36.0 Å².